The van der Waals surface area contributed by atoms with Gasteiger partial charge in [-0.2, -0.15) is 0 Å². The molecular weight excluding hydrogens is 296 g/mol. The van der Waals surface area contributed by atoms with Crippen LogP contribution in [0.2, 0.25) is 0 Å². The molecule has 0 aliphatic carbocycles. The van der Waals surface area contributed by atoms with E-state index in [1.165, 1.54) is 0 Å². The predicted molar refractivity (Wildman–Crippen MR) is 83.6 cm³/mol. The van der Waals surface area contributed by atoms with Crippen molar-refractivity contribution in [1.82, 2.24) is 9.80 Å². The Labute approximate surface area is 135 Å². The number of hydrogen-bond acceptors (Lipinski definition) is 5. The molecule has 3 aliphatic heterocycles. The highest BCUT2D eigenvalue weighted by molar-refractivity contribution is 5.79. The Morgan fingerprint density at radius 1 is 1.22 bits per heavy atom. The summed E-state index contributed by atoms with van der Waals surface area (Å²) in [5.74, 6) is 1.65. The quantitative estimate of drug-likeness (QED) is 0.810. The minimum absolute atomic E-state index is 0.168. The van der Waals surface area contributed by atoms with Gasteiger partial charge in [0, 0.05) is 25.7 Å². The van der Waals surface area contributed by atoms with Gasteiger partial charge >= 0.3 is 0 Å². The van der Waals surface area contributed by atoms with Crippen LogP contribution in [0, 0.1) is 0 Å². The van der Waals surface area contributed by atoms with E-state index in [0.717, 1.165) is 49.9 Å². The number of amides is 1. The molecule has 0 bridgehead atoms. The largest absolute Gasteiger partial charge is 0.454 e. The van der Waals surface area contributed by atoms with Gasteiger partial charge in [-0.25, -0.2) is 0 Å². The van der Waals surface area contributed by atoms with Gasteiger partial charge in [-0.05, 0) is 24.6 Å². The topological polar surface area (TPSA) is 51.2 Å². The van der Waals surface area contributed by atoms with Crippen molar-refractivity contribution in [3.63, 3.8) is 0 Å². The van der Waals surface area contributed by atoms with Gasteiger partial charge in [0.05, 0.1) is 25.7 Å². The van der Waals surface area contributed by atoms with E-state index in [0.29, 0.717) is 18.5 Å². The number of piperazine rings is 1. The van der Waals surface area contributed by atoms with Crippen molar-refractivity contribution in [3.05, 3.63) is 23.8 Å². The number of rotatable bonds is 2. The Hall–Kier alpha value is -1.79. The van der Waals surface area contributed by atoms with Crippen LogP contribution < -0.4 is 9.47 Å². The molecule has 0 aromatic heterocycles. The van der Waals surface area contributed by atoms with Crippen molar-refractivity contribution in [2.75, 3.05) is 39.6 Å². The molecule has 1 aromatic carbocycles. The highest BCUT2D eigenvalue weighted by atomic mass is 16.7. The van der Waals surface area contributed by atoms with Crippen LogP contribution >= 0.6 is 0 Å². The Morgan fingerprint density at radius 3 is 3.00 bits per heavy atom. The van der Waals surface area contributed by atoms with Gasteiger partial charge in [0.15, 0.2) is 11.5 Å². The number of morpholine rings is 1. The lowest BCUT2D eigenvalue weighted by Crippen LogP contribution is -2.62. The SMILES string of the molecule is C[C@H]1COC[C@H]2CN(C(=O)Cc3ccc4c(c3)OCO4)CCN21. The average Bonchev–Trinajstić information content (AvgIpc) is 3.02. The molecule has 6 heteroatoms. The lowest BCUT2D eigenvalue weighted by molar-refractivity contribution is -0.138. The average molecular weight is 318 g/mol. The van der Waals surface area contributed by atoms with E-state index in [9.17, 15) is 4.79 Å². The number of carbonyl (C=O) groups is 1. The van der Waals surface area contributed by atoms with Crippen LogP contribution in [0.15, 0.2) is 18.2 Å². The summed E-state index contributed by atoms with van der Waals surface area (Å²) in [5, 5.41) is 0. The normalized spacial score (nSPS) is 26.9. The lowest BCUT2D eigenvalue weighted by Gasteiger charge is -2.47. The summed E-state index contributed by atoms with van der Waals surface area (Å²) in [6.45, 7) is 6.45. The minimum Gasteiger partial charge on any atom is -0.454 e. The Bertz CT molecular complexity index is 606. The number of fused-ring (bicyclic) bond motifs is 2. The van der Waals surface area contributed by atoms with Crippen LogP contribution in [0.4, 0.5) is 0 Å². The second-order valence-electron chi connectivity index (χ2n) is 6.48. The van der Waals surface area contributed by atoms with E-state index < -0.39 is 0 Å². The first-order valence-electron chi connectivity index (χ1n) is 8.20. The molecule has 6 nitrogen and oxygen atoms in total. The fourth-order valence-corrected chi connectivity index (χ4v) is 3.63. The Balaban J connectivity index is 1.40. The number of nitrogens with zero attached hydrogens (tertiary/aromatic N) is 2. The summed E-state index contributed by atoms with van der Waals surface area (Å²) in [6.07, 6.45) is 0.403. The van der Waals surface area contributed by atoms with Crippen molar-refractivity contribution in [2.45, 2.75) is 25.4 Å². The van der Waals surface area contributed by atoms with Gasteiger partial charge in [0.1, 0.15) is 0 Å². The van der Waals surface area contributed by atoms with Crippen molar-refractivity contribution >= 4 is 5.91 Å². The van der Waals surface area contributed by atoms with E-state index in [1.807, 2.05) is 23.1 Å². The summed E-state index contributed by atoms with van der Waals surface area (Å²) in [7, 11) is 0. The summed E-state index contributed by atoms with van der Waals surface area (Å²) in [4.78, 5) is 17.0. The molecule has 1 aromatic rings. The molecule has 2 saturated heterocycles. The number of ether oxygens (including phenoxy) is 3. The zero-order valence-corrected chi connectivity index (χ0v) is 13.4. The van der Waals surface area contributed by atoms with Gasteiger partial charge in [-0.3, -0.25) is 9.69 Å². The fourth-order valence-electron chi connectivity index (χ4n) is 3.63. The molecule has 124 valence electrons. The second-order valence-corrected chi connectivity index (χ2v) is 6.48. The van der Waals surface area contributed by atoms with Gasteiger partial charge in [0.2, 0.25) is 12.7 Å². The first-order chi connectivity index (χ1) is 11.2. The third-order valence-corrected chi connectivity index (χ3v) is 4.91. The maximum Gasteiger partial charge on any atom is 0.231 e. The van der Waals surface area contributed by atoms with E-state index in [4.69, 9.17) is 14.2 Å². The zero-order valence-electron chi connectivity index (χ0n) is 13.4. The highest BCUT2D eigenvalue weighted by Crippen LogP contribution is 2.32. The maximum atomic E-state index is 12.6. The molecule has 0 saturated carbocycles. The van der Waals surface area contributed by atoms with E-state index in [-0.39, 0.29) is 12.7 Å². The molecule has 2 atom stereocenters. The molecule has 0 spiro atoms. The van der Waals surface area contributed by atoms with Crippen LogP contribution in [-0.4, -0.2) is 67.4 Å². The van der Waals surface area contributed by atoms with Crippen LogP contribution in [0.5, 0.6) is 11.5 Å². The zero-order chi connectivity index (χ0) is 15.8. The number of hydrogen-bond donors (Lipinski definition) is 0. The van der Waals surface area contributed by atoms with Crippen LogP contribution in [-0.2, 0) is 16.0 Å². The van der Waals surface area contributed by atoms with Crippen molar-refractivity contribution < 1.29 is 19.0 Å². The van der Waals surface area contributed by atoms with E-state index in [2.05, 4.69) is 11.8 Å². The first kappa shape index (κ1) is 14.8. The Kier molecular flexibility index (Phi) is 3.87. The number of benzene rings is 1. The van der Waals surface area contributed by atoms with Gasteiger partial charge in [0.25, 0.3) is 0 Å². The number of carbonyl (C=O) groups excluding carboxylic acids is 1. The maximum absolute atomic E-state index is 12.6. The molecule has 0 unspecified atom stereocenters. The van der Waals surface area contributed by atoms with Crippen LogP contribution in [0.3, 0.4) is 0 Å². The predicted octanol–water partition coefficient (Wildman–Crippen LogP) is 0.889. The monoisotopic (exact) mass is 318 g/mol. The first-order valence-corrected chi connectivity index (χ1v) is 8.20. The summed E-state index contributed by atoms with van der Waals surface area (Å²) >= 11 is 0. The third kappa shape index (κ3) is 2.88. The Morgan fingerprint density at radius 2 is 2.09 bits per heavy atom. The third-order valence-electron chi connectivity index (χ3n) is 4.91. The molecule has 0 radical (unpaired) electrons. The molecule has 3 aliphatic rings. The molecule has 0 N–H and O–H groups in total. The van der Waals surface area contributed by atoms with E-state index in [1.54, 1.807) is 0 Å². The summed E-state index contributed by atoms with van der Waals surface area (Å²) in [5.41, 5.74) is 0.968. The molecule has 3 heterocycles. The molecule has 4 rings (SSSR count). The van der Waals surface area contributed by atoms with Crippen molar-refractivity contribution in [1.29, 1.82) is 0 Å². The van der Waals surface area contributed by atoms with Crippen LogP contribution in [0.1, 0.15) is 12.5 Å². The molecule has 1 amide bonds. The molecule has 2 fully saturated rings. The smallest absolute Gasteiger partial charge is 0.231 e. The van der Waals surface area contributed by atoms with Gasteiger partial charge < -0.3 is 19.1 Å². The lowest BCUT2D eigenvalue weighted by atomic mass is 10.1. The van der Waals surface area contributed by atoms with Crippen molar-refractivity contribution in [2.24, 2.45) is 0 Å². The summed E-state index contributed by atoms with van der Waals surface area (Å²) in [6, 6.07) is 6.49. The minimum atomic E-state index is 0.168. The van der Waals surface area contributed by atoms with Crippen LogP contribution in [0.25, 0.3) is 0 Å². The van der Waals surface area contributed by atoms with Gasteiger partial charge in [-0.15, -0.1) is 0 Å². The second kappa shape index (κ2) is 6.02. The molecular formula is C17H22N2O4. The fraction of sp³-hybridized carbons (Fsp3) is 0.588. The van der Waals surface area contributed by atoms with E-state index >= 15 is 0 Å². The molecule has 23 heavy (non-hydrogen) atoms. The summed E-state index contributed by atoms with van der Waals surface area (Å²) < 4.78 is 16.3. The highest BCUT2D eigenvalue weighted by Gasteiger charge is 2.35. The van der Waals surface area contributed by atoms with Crippen molar-refractivity contribution in [3.8, 4) is 11.5 Å². The van der Waals surface area contributed by atoms with Gasteiger partial charge in [-0.1, -0.05) is 6.07 Å². The standard InChI is InChI=1S/C17H22N2O4/c1-12-9-21-10-14-8-18(4-5-19(12)14)17(20)7-13-2-3-15-16(6-13)23-11-22-15/h2-3,6,12,14H,4-5,7-11H2,1H3/t12-,14+/m0/s1.